The number of likely N-dealkylation sites (N-methyl/N-ethyl adjacent to an activating group) is 1. The van der Waals surface area contributed by atoms with Gasteiger partial charge in [-0.15, -0.1) is 5.10 Å². The summed E-state index contributed by atoms with van der Waals surface area (Å²) in [6.07, 6.45) is 8.34. The van der Waals surface area contributed by atoms with Gasteiger partial charge in [-0.2, -0.15) is 0 Å². The highest BCUT2D eigenvalue weighted by Gasteiger charge is 2.20. The topological polar surface area (TPSA) is 58.9 Å². The van der Waals surface area contributed by atoms with E-state index in [1.54, 1.807) is 6.20 Å². The molecule has 21 heavy (non-hydrogen) atoms. The van der Waals surface area contributed by atoms with Crippen molar-refractivity contribution in [2.24, 2.45) is 0 Å². The van der Waals surface area contributed by atoms with E-state index in [0.717, 1.165) is 31.9 Å². The molecule has 0 aliphatic heterocycles. The molecule has 0 bridgehead atoms. The Labute approximate surface area is 125 Å². The molecular weight excluding hydrogens is 264 g/mol. The van der Waals surface area contributed by atoms with Crippen LogP contribution >= 0.6 is 0 Å². The van der Waals surface area contributed by atoms with Crippen molar-refractivity contribution >= 4 is 0 Å². The molecule has 0 atom stereocenters. The van der Waals surface area contributed by atoms with Crippen LogP contribution in [0.4, 0.5) is 0 Å². The van der Waals surface area contributed by atoms with Gasteiger partial charge in [-0.3, -0.25) is 9.67 Å². The summed E-state index contributed by atoms with van der Waals surface area (Å²) in [7, 11) is 2.11. The molecule has 1 aliphatic rings. The lowest BCUT2D eigenvalue weighted by atomic mass is 10.3. The average Bonchev–Trinajstić information content (AvgIpc) is 3.22. The van der Waals surface area contributed by atoms with Crippen LogP contribution in [0, 0.1) is 0 Å². The quantitative estimate of drug-likeness (QED) is 0.786. The van der Waals surface area contributed by atoms with E-state index in [0.29, 0.717) is 6.04 Å². The fourth-order valence-corrected chi connectivity index (χ4v) is 2.22. The third-order valence-corrected chi connectivity index (χ3v) is 3.62. The van der Waals surface area contributed by atoms with Crippen molar-refractivity contribution in [1.29, 1.82) is 0 Å². The van der Waals surface area contributed by atoms with Crippen LogP contribution < -0.4 is 5.32 Å². The Kier molecular flexibility index (Phi) is 4.57. The predicted molar refractivity (Wildman–Crippen MR) is 80.5 cm³/mol. The summed E-state index contributed by atoms with van der Waals surface area (Å²) in [5, 5.41) is 11.8. The lowest BCUT2D eigenvalue weighted by Crippen LogP contribution is -2.23. The zero-order chi connectivity index (χ0) is 14.5. The number of hydrogen-bond acceptors (Lipinski definition) is 5. The van der Waals surface area contributed by atoms with E-state index in [1.165, 1.54) is 18.4 Å². The molecule has 1 aliphatic carbocycles. The maximum atomic E-state index is 4.20. The number of pyridine rings is 1. The second-order valence-electron chi connectivity index (χ2n) is 5.73. The van der Waals surface area contributed by atoms with Gasteiger partial charge in [0.25, 0.3) is 0 Å². The Hall–Kier alpha value is -1.79. The van der Waals surface area contributed by atoms with Gasteiger partial charge in [0.05, 0.1) is 12.2 Å². The fraction of sp³-hybridized carbons (Fsp3) is 0.533. The monoisotopic (exact) mass is 286 g/mol. The Morgan fingerprint density at radius 2 is 2.33 bits per heavy atom. The molecule has 0 aromatic carbocycles. The van der Waals surface area contributed by atoms with Crippen LogP contribution in [0.5, 0.6) is 0 Å². The third-order valence-electron chi connectivity index (χ3n) is 3.62. The number of aromatic nitrogens is 4. The number of rotatable bonds is 8. The van der Waals surface area contributed by atoms with Crippen LogP contribution in [0.3, 0.4) is 0 Å². The number of nitrogens with zero attached hydrogens (tertiary/aromatic N) is 5. The maximum Gasteiger partial charge on any atom is 0.0964 e. The van der Waals surface area contributed by atoms with Gasteiger partial charge >= 0.3 is 0 Å². The normalized spacial score (nSPS) is 14.8. The zero-order valence-corrected chi connectivity index (χ0v) is 12.4. The molecule has 1 fully saturated rings. The minimum Gasteiger partial charge on any atom is -0.308 e. The average molecular weight is 286 g/mol. The van der Waals surface area contributed by atoms with Gasteiger partial charge in [0.1, 0.15) is 0 Å². The molecule has 0 amide bonds. The van der Waals surface area contributed by atoms with Crippen molar-refractivity contribution in [2.45, 2.75) is 38.5 Å². The Balaban J connectivity index is 1.41. The van der Waals surface area contributed by atoms with Crippen LogP contribution in [-0.4, -0.2) is 44.5 Å². The standard InChI is InChI=1S/C15H22N6/c1-20(11-13-3-2-6-16-9-13)7-8-21-12-15(18-19-21)10-17-14-4-5-14/h2-3,6,9,12,14,17H,4-5,7-8,10-11H2,1H3. The summed E-state index contributed by atoms with van der Waals surface area (Å²) in [6.45, 7) is 3.52. The first kappa shape index (κ1) is 14.2. The van der Waals surface area contributed by atoms with E-state index in [2.05, 4.69) is 38.6 Å². The first-order valence-electron chi connectivity index (χ1n) is 7.49. The van der Waals surface area contributed by atoms with Gasteiger partial charge in [-0.1, -0.05) is 11.3 Å². The Bertz CT molecular complexity index is 548. The molecule has 2 aromatic heterocycles. The molecule has 1 N–H and O–H groups in total. The van der Waals surface area contributed by atoms with Gasteiger partial charge in [-0.25, -0.2) is 0 Å². The van der Waals surface area contributed by atoms with Gasteiger partial charge < -0.3 is 10.2 Å². The summed E-state index contributed by atoms with van der Waals surface area (Å²) in [5.74, 6) is 0. The maximum absolute atomic E-state index is 4.20. The highest BCUT2D eigenvalue weighted by molar-refractivity contribution is 5.07. The van der Waals surface area contributed by atoms with E-state index in [-0.39, 0.29) is 0 Å². The molecule has 112 valence electrons. The van der Waals surface area contributed by atoms with E-state index in [1.807, 2.05) is 23.1 Å². The van der Waals surface area contributed by atoms with Crippen molar-refractivity contribution in [3.63, 3.8) is 0 Å². The molecule has 0 saturated heterocycles. The second-order valence-corrected chi connectivity index (χ2v) is 5.73. The van der Waals surface area contributed by atoms with Crippen LogP contribution in [0.25, 0.3) is 0 Å². The number of hydrogen-bond donors (Lipinski definition) is 1. The number of nitrogens with one attached hydrogen (secondary N) is 1. The highest BCUT2D eigenvalue weighted by atomic mass is 15.4. The molecule has 1 saturated carbocycles. The SMILES string of the molecule is CN(CCn1cc(CNC2CC2)nn1)Cc1cccnc1. The van der Waals surface area contributed by atoms with Gasteiger partial charge in [0.2, 0.25) is 0 Å². The largest absolute Gasteiger partial charge is 0.308 e. The van der Waals surface area contributed by atoms with Gasteiger partial charge in [-0.05, 0) is 31.5 Å². The van der Waals surface area contributed by atoms with Gasteiger partial charge in [0.15, 0.2) is 0 Å². The van der Waals surface area contributed by atoms with Crippen molar-refractivity contribution in [1.82, 2.24) is 30.2 Å². The molecular formula is C15H22N6. The molecule has 2 aromatic rings. The highest BCUT2D eigenvalue weighted by Crippen LogP contribution is 2.18. The lowest BCUT2D eigenvalue weighted by Gasteiger charge is -2.15. The zero-order valence-electron chi connectivity index (χ0n) is 12.4. The van der Waals surface area contributed by atoms with Crippen LogP contribution in [0.2, 0.25) is 0 Å². The summed E-state index contributed by atoms with van der Waals surface area (Å²) >= 11 is 0. The molecule has 6 heteroatoms. The predicted octanol–water partition coefficient (Wildman–Crippen LogP) is 1.06. The first-order valence-corrected chi connectivity index (χ1v) is 7.49. The van der Waals surface area contributed by atoms with Crippen LogP contribution in [0.1, 0.15) is 24.1 Å². The lowest BCUT2D eigenvalue weighted by molar-refractivity contribution is 0.303. The van der Waals surface area contributed by atoms with E-state index >= 15 is 0 Å². The van der Waals surface area contributed by atoms with Gasteiger partial charge in [0, 0.05) is 44.3 Å². The summed E-state index contributed by atoms with van der Waals surface area (Å²) in [6, 6.07) is 4.78. The van der Waals surface area contributed by atoms with Crippen molar-refractivity contribution in [2.75, 3.05) is 13.6 Å². The van der Waals surface area contributed by atoms with E-state index in [9.17, 15) is 0 Å². The van der Waals surface area contributed by atoms with Crippen molar-refractivity contribution < 1.29 is 0 Å². The van der Waals surface area contributed by atoms with E-state index < -0.39 is 0 Å². The minimum absolute atomic E-state index is 0.709. The summed E-state index contributed by atoms with van der Waals surface area (Å²) in [4.78, 5) is 6.40. The summed E-state index contributed by atoms with van der Waals surface area (Å²) in [5.41, 5.74) is 2.25. The molecule has 2 heterocycles. The van der Waals surface area contributed by atoms with Crippen LogP contribution in [-0.2, 0) is 19.6 Å². The second kappa shape index (κ2) is 6.78. The molecule has 0 spiro atoms. The van der Waals surface area contributed by atoms with E-state index in [4.69, 9.17) is 0 Å². The molecule has 0 radical (unpaired) electrons. The van der Waals surface area contributed by atoms with Crippen molar-refractivity contribution in [3.05, 3.63) is 42.0 Å². The van der Waals surface area contributed by atoms with Crippen molar-refractivity contribution in [3.8, 4) is 0 Å². The van der Waals surface area contributed by atoms with Crippen LogP contribution in [0.15, 0.2) is 30.7 Å². The molecule has 3 rings (SSSR count). The first-order chi connectivity index (χ1) is 10.3. The Morgan fingerprint density at radius 3 is 3.10 bits per heavy atom. The fourth-order valence-electron chi connectivity index (χ4n) is 2.22. The smallest absolute Gasteiger partial charge is 0.0964 e. The third kappa shape index (κ3) is 4.61. The summed E-state index contributed by atoms with van der Waals surface area (Å²) < 4.78 is 1.92. The Morgan fingerprint density at radius 1 is 1.43 bits per heavy atom. The molecule has 6 nitrogen and oxygen atoms in total. The molecule has 0 unspecified atom stereocenters. The minimum atomic E-state index is 0.709.